The van der Waals surface area contributed by atoms with Crippen molar-refractivity contribution in [1.29, 1.82) is 0 Å². The molecule has 1 N–H and O–H groups in total. The minimum atomic E-state index is -3.94. The van der Waals surface area contributed by atoms with Gasteiger partial charge in [0.15, 0.2) is 0 Å². The van der Waals surface area contributed by atoms with E-state index in [2.05, 4.69) is 5.32 Å². The van der Waals surface area contributed by atoms with Crippen LogP contribution >= 0.6 is 23.2 Å². The molecule has 0 bridgehead atoms. The minimum absolute atomic E-state index is 0.0238. The summed E-state index contributed by atoms with van der Waals surface area (Å²) in [6.45, 7) is 0.704. The van der Waals surface area contributed by atoms with Crippen LogP contribution in [0.25, 0.3) is 0 Å². The molecule has 0 aliphatic heterocycles. The standard InChI is InChI=1S/C24H28Cl2FN3O4S/c1-16(24(32)28-19-8-4-5-9-19)29(14-17-7-3-6-10-21(17)27)23(31)15-30(35(2,33)34)22-12-11-18(25)13-20(22)26/h3,6-7,10-13,16,19H,4-5,8-9,14-15H2,1-2H3,(H,28,32)/t16-/m1/s1. The van der Waals surface area contributed by atoms with Crippen LogP contribution in [-0.4, -0.2) is 50.0 Å². The Morgan fingerprint density at radius 3 is 2.40 bits per heavy atom. The van der Waals surface area contributed by atoms with Crippen LogP contribution in [0.2, 0.25) is 10.0 Å². The molecule has 0 saturated heterocycles. The second-order valence-electron chi connectivity index (χ2n) is 8.64. The summed E-state index contributed by atoms with van der Waals surface area (Å²) in [5.41, 5.74) is 0.276. The zero-order chi connectivity index (χ0) is 25.8. The van der Waals surface area contributed by atoms with Crippen molar-refractivity contribution in [3.8, 4) is 0 Å². The Kier molecular flexibility index (Phi) is 9.01. The molecule has 0 unspecified atom stereocenters. The van der Waals surface area contributed by atoms with Crippen LogP contribution in [0.1, 0.15) is 38.2 Å². The number of hydrogen-bond donors (Lipinski definition) is 1. The summed E-state index contributed by atoms with van der Waals surface area (Å²) in [5, 5.41) is 3.30. The number of sulfonamides is 1. The Balaban J connectivity index is 1.91. The van der Waals surface area contributed by atoms with Crippen molar-refractivity contribution in [1.82, 2.24) is 10.2 Å². The highest BCUT2D eigenvalue weighted by atomic mass is 35.5. The average molecular weight is 544 g/mol. The SMILES string of the molecule is C[C@H](C(=O)NC1CCCC1)N(Cc1ccccc1F)C(=O)CN(c1ccc(Cl)cc1Cl)S(C)(=O)=O. The van der Waals surface area contributed by atoms with E-state index < -0.39 is 34.3 Å². The van der Waals surface area contributed by atoms with E-state index >= 15 is 0 Å². The summed E-state index contributed by atoms with van der Waals surface area (Å²) in [6.07, 6.45) is 4.70. The van der Waals surface area contributed by atoms with Gasteiger partial charge in [0.1, 0.15) is 18.4 Å². The van der Waals surface area contributed by atoms with Crippen molar-refractivity contribution >= 4 is 50.7 Å². The van der Waals surface area contributed by atoms with Gasteiger partial charge in [-0.15, -0.1) is 0 Å². The van der Waals surface area contributed by atoms with E-state index in [9.17, 15) is 22.4 Å². The molecule has 0 heterocycles. The van der Waals surface area contributed by atoms with Crippen LogP contribution < -0.4 is 9.62 Å². The quantitative estimate of drug-likeness (QED) is 0.508. The predicted octanol–water partition coefficient (Wildman–Crippen LogP) is 4.37. The third-order valence-electron chi connectivity index (χ3n) is 6.02. The van der Waals surface area contributed by atoms with Gasteiger partial charge in [-0.25, -0.2) is 12.8 Å². The number of hydrogen-bond acceptors (Lipinski definition) is 4. The first-order valence-corrected chi connectivity index (χ1v) is 13.8. The van der Waals surface area contributed by atoms with Crippen LogP contribution in [0.15, 0.2) is 42.5 Å². The lowest BCUT2D eigenvalue weighted by Crippen LogP contribution is -2.52. The molecule has 3 rings (SSSR count). The van der Waals surface area contributed by atoms with Crippen molar-refractivity contribution in [2.24, 2.45) is 0 Å². The van der Waals surface area contributed by atoms with E-state index in [1.807, 2.05) is 0 Å². The van der Waals surface area contributed by atoms with Crippen LogP contribution in [0.5, 0.6) is 0 Å². The number of anilines is 1. The highest BCUT2D eigenvalue weighted by Gasteiger charge is 2.32. The Bertz CT molecular complexity index is 1190. The number of amides is 2. The van der Waals surface area contributed by atoms with Gasteiger partial charge in [-0.3, -0.25) is 13.9 Å². The molecule has 1 saturated carbocycles. The zero-order valence-corrected chi connectivity index (χ0v) is 21.8. The van der Waals surface area contributed by atoms with Gasteiger partial charge in [-0.2, -0.15) is 0 Å². The van der Waals surface area contributed by atoms with E-state index in [1.165, 1.54) is 41.3 Å². The Morgan fingerprint density at radius 2 is 1.80 bits per heavy atom. The maximum absolute atomic E-state index is 14.4. The maximum Gasteiger partial charge on any atom is 0.244 e. The van der Waals surface area contributed by atoms with Crippen LogP contribution in [0.4, 0.5) is 10.1 Å². The maximum atomic E-state index is 14.4. The fraction of sp³-hybridized carbons (Fsp3) is 0.417. The number of nitrogens with zero attached hydrogens (tertiary/aromatic N) is 2. The zero-order valence-electron chi connectivity index (χ0n) is 19.5. The summed E-state index contributed by atoms with van der Waals surface area (Å²) >= 11 is 12.2. The molecule has 0 radical (unpaired) electrons. The highest BCUT2D eigenvalue weighted by Crippen LogP contribution is 2.30. The molecule has 11 heteroatoms. The monoisotopic (exact) mass is 543 g/mol. The van der Waals surface area contributed by atoms with Crippen molar-refractivity contribution < 1.29 is 22.4 Å². The summed E-state index contributed by atoms with van der Waals surface area (Å²) in [7, 11) is -3.94. The van der Waals surface area contributed by atoms with Gasteiger partial charge < -0.3 is 10.2 Å². The molecule has 1 aliphatic rings. The van der Waals surface area contributed by atoms with Crippen molar-refractivity contribution in [2.75, 3.05) is 17.1 Å². The predicted molar refractivity (Wildman–Crippen MR) is 135 cm³/mol. The van der Waals surface area contributed by atoms with Crippen molar-refractivity contribution in [3.05, 3.63) is 63.9 Å². The number of carbonyl (C=O) groups excluding carboxylic acids is 2. The molecule has 190 valence electrons. The first kappa shape index (κ1) is 27.2. The summed E-state index contributed by atoms with van der Waals surface area (Å²) in [6, 6.07) is 9.21. The first-order valence-electron chi connectivity index (χ1n) is 11.2. The van der Waals surface area contributed by atoms with Gasteiger partial charge in [0.25, 0.3) is 0 Å². The van der Waals surface area contributed by atoms with E-state index in [-0.39, 0.29) is 34.8 Å². The topological polar surface area (TPSA) is 86.8 Å². The third kappa shape index (κ3) is 7.08. The molecular formula is C24H28Cl2FN3O4S. The largest absolute Gasteiger partial charge is 0.352 e. The van der Waals surface area contributed by atoms with Gasteiger partial charge in [0.05, 0.1) is 17.0 Å². The van der Waals surface area contributed by atoms with E-state index in [4.69, 9.17) is 23.2 Å². The van der Waals surface area contributed by atoms with Crippen LogP contribution in [0.3, 0.4) is 0 Å². The lowest BCUT2D eigenvalue weighted by Gasteiger charge is -2.32. The minimum Gasteiger partial charge on any atom is -0.352 e. The van der Waals surface area contributed by atoms with Gasteiger partial charge in [0, 0.05) is 23.2 Å². The Labute approximate surface area is 215 Å². The number of halogens is 3. The number of nitrogens with one attached hydrogen (secondary N) is 1. The second kappa shape index (κ2) is 11.6. The van der Waals surface area contributed by atoms with Gasteiger partial charge in [0.2, 0.25) is 21.8 Å². The molecule has 0 aromatic heterocycles. The summed E-state index contributed by atoms with van der Waals surface area (Å²) in [5.74, 6) is -1.59. The highest BCUT2D eigenvalue weighted by molar-refractivity contribution is 7.92. The average Bonchev–Trinajstić information content (AvgIpc) is 3.29. The summed E-state index contributed by atoms with van der Waals surface area (Å²) in [4.78, 5) is 27.7. The van der Waals surface area contributed by atoms with E-state index in [0.29, 0.717) is 5.02 Å². The molecule has 1 fully saturated rings. The van der Waals surface area contributed by atoms with Crippen molar-refractivity contribution in [3.63, 3.8) is 0 Å². The van der Waals surface area contributed by atoms with Gasteiger partial charge >= 0.3 is 0 Å². The van der Waals surface area contributed by atoms with Crippen LogP contribution in [-0.2, 0) is 26.2 Å². The number of carbonyl (C=O) groups is 2. The number of benzene rings is 2. The molecule has 2 aromatic carbocycles. The molecule has 35 heavy (non-hydrogen) atoms. The number of rotatable bonds is 9. The fourth-order valence-electron chi connectivity index (χ4n) is 4.06. The van der Waals surface area contributed by atoms with E-state index in [0.717, 1.165) is 36.2 Å². The third-order valence-corrected chi connectivity index (χ3v) is 7.69. The van der Waals surface area contributed by atoms with Gasteiger partial charge in [-0.1, -0.05) is 54.2 Å². The molecule has 1 aliphatic carbocycles. The smallest absolute Gasteiger partial charge is 0.244 e. The molecule has 1 atom stereocenters. The lowest BCUT2D eigenvalue weighted by molar-refractivity contribution is -0.139. The van der Waals surface area contributed by atoms with Gasteiger partial charge in [-0.05, 0) is 44.0 Å². The molecular weight excluding hydrogens is 516 g/mol. The van der Waals surface area contributed by atoms with Crippen molar-refractivity contribution in [2.45, 2.75) is 51.2 Å². The Morgan fingerprint density at radius 1 is 1.14 bits per heavy atom. The van der Waals surface area contributed by atoms with Crippen LogP contribution in [0, 0.1) is 5.82 Å². The van der Waals surface area contributed by atoms with E-state index in [1.54, 1.807) is 13.0 Å². The summed E-state index contributed by atoms with van der Waals surface area (Å²) < 4.78 is 40.5. The second-order valence-corrected chi connectivity index (χ2v) is 11.4. The fourth-order valence-corrected chi connectivity index (χ4v) is 5.49. The normalized spacial score (nSPS) is 15.0. The molecule has 2 aromatic rings. The molecule has 0 spiro atoms. The molecule has 7 nitrogen and oxygen atoms in total. The lowest BCUT2D eigenvalue weighted by atomic mass is 10.1. The molecule has 2 amide bonds. The Hall–Kier alpha value is -2.36. The first-order chi connectivity index (χ1) is 16.5.